The number of nitrogens with one attached hydrogen (secondary N) is 1. The fourth-order valence-electron chi connectivity index (χ4n) is 4.02. The van der Waals surface area contributed by atoms with E-state index < -0.39 is 0 Å². The number of amides is 1. The van der Waals surface area contributed by atoms with Crippen molar-refractivity contribution in [3.8, 4) is 11.4 Å². The quantitative estimate of drug-likeness (QED) is 0.569. The van der Waals surface area contributed by atoms with E-state index in [0.29, 0.717) is 24.3 Å². The molecule has 0 aliphatic heterocycles. The monoisotopic (exact) mass is 421 g/mol. The largest absolute Gasteiger partial charge is 0.351 e. The summed E-state index contributed by atoms with van der Waals surface area (Å²) in [6.45, 7) is 2.84. The molecule has 1 N–H and O–H groups in total. The van der Waals surface area contributed by atoms with E-state index in [2.05, 4.69) is 32.0 Å². The van der Waals surface area contributed by atoms with Gasteiger partial charge in [-0.25, -0.2) is 0 Å². The average Bonchev–Trinajstić information content (AvgIpc) is 3.21. The van der Waals surface area contributed by atoms with Crippen molar-refractivity contribution in [2.24, 2.45) is 5.92 Å². The topological polar surface area (TPSA) is 72.7 Å². The van der Waals surface area contributed by atoms with Crippen LogP contribution in [0.1, 0.15) is 44.2 Å². The zero-order valence-corrected chi connectivity index (χ0v) is 18.0. The first-order valence-electron chi connectivity index (χ1n) is 10.5. The molecule has 1 aliphatic rings. The molecule has 1 aliphatic carbocycles. The van der Waals surface area contributed by atoms with Gasteiger partial charge in [-0.3, -0.25) is 14.3 Å². The Labute approximate surface area is 181 Å². The number of nitrogens with zero attached hydrogens (tertiary/aromatic N) is 4. The third kappa shape index (κ3) is 4.90. The second-order valence-corrected chi connectivity index (χ2v) is 8.74. The van der Waals surface area contributed by atoms with Gasteiger partial charge in [0.05, 0.1) is 5.75 Å². The zero-order chi connectivity index (χ0) is 20.8. The molecule has 6 nitrogen and oxygen atoms in total. The molecule has 0 bridgehead atoms. The smallest absolute Gasteiger partial charge is 0.230 e. The predicted molar refractivity (Wildman–Crippen MR) is 119 cm³/mol. The van der Waals surface area contributed by atoms with E-state index in [1.54, 1.807) is 6.20 Å². The molecule has 0 spiro atoms. The molecule has 0 saturated heterocycles. The Balaban J connectivity index is 1.49. The number of aromatic nitrogens is 4. The van der Waals surface area contributed by atoms with Crippen molar-refractivity contribution in [3.05, 3.63) is 60.4 Å². The minimum Gasteiger partial charge on any atom is -0.351 e. The van der Waals surface area contributed by atoms with Gasteiger partial charge in [0, 0.05) is 30.5 Å². The summed E-state index contributed by atoms with van der Waals surface area (Å²) in [7, 11) is 0. The van der Waals surface area contributed by atoms with Crippen LogP contribution >= 0.6 is 11.8 Å². The minimum absolute atomic E-state index is 0.00183. The van der Waals surface area contributed by atoms with Gasteiger partial charge in [0.1, 0.15) is 0 Å². The number of carbonyl (C=O) groups excluding carboxylic acids is 1. The number of pyridine rings is 1. The summed E-state index contributed by atoms with van der Waals surface area (Å²) in [4.78, 5) is 16.7. The molecule has 1 fully saturated rings. The zero-order valence-electron chi connectivity index (χ0n) is 17.2. The highest BCUT2D eigenvalue weighted by molar-refractivity contribution is 7.99. The predicted octanol–water partition coefficient (Wildman–Crippen LogP) is 4.50. The lowest BCUT2D eigenvalue weighted by molar-refractivity contribution is -0.118. The number of rotatable bonds is 7. The SMILES string of the molecule is C[C@@H]1CCCC[C@@H]1n1c(SCC(=O)NCc2ccccc2)nnc1-c1cccnc1. The van der Waals surface area contributed by atoms with Crippen molar-refractivity contribution in [3.63, 3.8) is 0 Å². The van der Waals surface area contributed by atoms with Crippen LogP contribution in [0.3, 0.4) is 0 Å². The molecule has 2 atom stereocenters. The van der Waals surface area contributed by atoms with Gasteiger partial charge >= 0.3 is 0 Å². The minimum atomic E-state index is -0.00183. The maximum Gasteiger partial charge on any atom is 0.230 e. The Hall–Kier alpha value is -2.67. The van der Waals surface area contributed by atoms with Gasteiger partial charge in [-0.05, 0) is 36.5 Å². The molecule has 30 heavy (non-hydrogen) atoms. The van der Waals surface area contributed by atoms with Crippen LogP contribution in [-0.2, 0) is 11.3 Å². The molecule has 1 saturated carbocycles. The fraction of sp³-hybridized carbons (Fsp3) is 0.391. The van der Waals surface area contributed by atoms with Gasteiger partial charge in [0.25, 0.3) is 0 Å². The van der Waals surface area contributed by atoms with Crippen LogP contribution in [0.5, 0.6) is 0 Å². The summed E-state index contributed by atoms with van der Waals surface area (Å²) in [5, 5.41) is 12.7. The highest BCUT2D eigenvalue weighted by Crippen LogP contribution is 2.38. The van der Waals surface area contributed by atoms with E-state index in [0.717, 1.165) is 28.5 Å². The van der Waals surface area contributed by atoms with Crippen molar-refractivity contribution in [2.45, 2.75) is 50.4 Å². The summed E-state index contributed by atoms with van der Waals surface area (Å²) in [6, 6.07) is 14.2. The lowest BCUT2D eigenvalue weighted by Crippen LogP contribution is -2.25. The third-order valence-corrected chi connectivity index (χ3v) is 6.59. The Morgan fingerprint density at radius 3 is 2.73 bits per heavy atom. The van der Waals surface area contributed by atoms with Gasteiger partial charge in [-0.15, -0.1) is 10.2 Å². The number of hydrogen-bond donors (Lipinski definition) is 1. The summed E-state index contributed by atoms with van der Waals surface area (Å²) in [6.07, 6.45) is 8.39. The van der Waals surface area contributed by atoms with Gasteiger partial charge in [-0.1, -0.05) is 61.9 Å². The molecular weight excluding hydrogens is 394 g/mol. The summed E-state index contributed by atoms with van der Waals surface area (Å²) >= 11 is 1.46. The van der Waals surface area contributed by atoms with E-state index in [9.17, 15) is 4.79 Å². The van der Waals surface area contributed by atoms with E-state index >= 15 is 0 Å². The Morgan fingerprint density at radius 2 is 1.97 bits per heavy atom. The number of carbonyl (C=O) groups is 1. The van der Waals surface area contributed by atoms with E-state index in [1.807, 2.05) is 48.7 Å². The molecular formula is C23H27N5OS. The highest BCUT2D eigenvalue weighted by atomic mass is 32.2. The first kappa shape index (κ1) is 20.6. The van der Waals surface area contributed by atoms with Gasteiger partial charge in [-0.2, -0.15) is 0 Å². The molecule has 0 radical (unpaired) electrons. The van der Waals surface area contributed by atoms with Crippen LogP contribution in [0.2, 0.25) is 0 Å². The number of hydrogen-bond acceptors (Lipinski definition) is 5. The standard InChI is InChI=1S/C23H27N5OS/c1-17-8-5-6-12-20(17)28-22(19-11-7-13-24-15-19)26-27-23(28)30-16-21(29)25-14-18-9-3-2-4-10-18/h2-4,7,9-11,13,15,17,20H,5-6,8,12,14,16H2,1H3,(H,25,29)/t17-,20+/m1/s1. The molecule has 2 aromatic heterocycles. The molecule has 7 heteroatoms. The van der Waals surface area contributed by atoms with Crippen molar-refractivity contribution in [1.29, 1.82) is 0 Å². The van der Waals surface area contributed by atoms with Crippen molar-refractivity contribution in [2.75, 3.05) is 5.75 Å². The van der Waals surface area contributed by atoms with Crippen LogP contribution in [0.25, 0.3) is 11.4 Å². The summed E-state index contributed by atoms with van der Waals surface area (Å²) in [5.41, 5.74) is 2.05. The second kappa shape index (κ2) is 9.89. The van der Waals surface area contributed by atoms with E-state index in [1.165, 1.54) is 31.0 Å². The second-order valence-electron chi connectivity index (χ2n) is 7.80. The highest BCUT2D eigenvalue weighted by Gasteiger charge is 2.28. The first-order valence-corrected chi connectivity index (χ1v) is 11.5. The van der Waals surface area contributed by atoms with E-state index in [-0.39, 0.29) is 5.91 Å². The lowest BCUT2D eigenvalue weighted by Gasteiger charge is -2.31. The Morgan fingerprint density at radius 1 is 1.13 bits per heavy atom. The van der Waals surface area contributed by atoms with Crippen LogP contribution in [-0.4, -0.2) is 31.4 Å². The van der Waals surface area contributed by atoms with Gasteiger partial charge in [0.2, 0.25) is 5.91 Å². The molecule has 1 aromatic carbocycles. The maximum absolute atomic E-state index is 12.4. The molecule has 2 heterocycles. The van der Waals surface area contributed by atoms with Crippen LogP contribution in [0.4, 0.5) is 0 Å². The molecule has 156 valence electrons. The molecule has 1 amide bonds. The van der Waals surface area contributed by atoms with Crippen molar-refractivity contribution < 1.29 is 4.79 Å². The van der Waals surface area contributed by atoms with Crippen LogP contribution in [0, 0.1) is 5.92 Å². The Bertz CT molecular complexity index is 960. The van der Waals surface area contributed by atoms with Crippen molar-refractivity contribution >= 4 is 17.7 Å². The third-order valence-electron chi connectivity index (χ3n) is 5.65. The van der Waals surface area contributed by atoms with Crippen LogP contribution in [0.15, 0.2) is 60.0 Å². The molecule has 4 rings (SSSR count). The van der Waals surface area contributed by atoms with Gasteiger partial charge < -0.3 is 5.32 Å². The van der Waals surface area contributed by atoms with Crippen molar-refractivity contribution in [1.82, 2.24) is 25.1 Å². The normalized spacial score (nSPS) is 18.8. The summed E-state index contributed by atoms with van der Waals surface area (Å²) in [5.74, 6) is 1.71. The fourth-order valence-corrected chi connectivity index (χ4v) is 4.85. The van der Waals surface area contributed by atoms with E-state index in [4.69, 9.17) is 0 Å². The lowest BCUT2D eigenvalue weighted by atomic mass is 9.85. The number of benzene rings is 1. The molecule has 3 aromatic rings. The maximum atomic E-state index is 12.4. The first-order chi connectivity index (χ1) is 14.7. The van der Waals surface area contributed by atoms with Gasteiger partial charge in [0.15, 0.2) is 11.0 Å². The van der Waals surface area contributed by atoms with Crippen LogP contribution < -0.4 is 5.32 Å². The summed E-state index contributed by atoms with van der Waals surface area (Å²) < 4.78 is 2.25. The molecule has 0 unspecified atom stereocenters. The average molecular weight is 422 g/mol. The number of thioether (sulfide) groups is 1. The Kier molecular flexibility index (Phi) is 6.79.